The molecular formula is C24H24S3. The maximum absolute atomic E-state index is 2.56. The van der Waals surface area contributed by atoms with Crippen LogP contribution >= 0.6 is 34.0 Å². The Morgan fingerprint density at radius 3 is 1.30 bits per heavy atom. The van der Waals surface area contributed by atoms with Crippen molar-refractivity contribution in [2.24, 2.45) is 0 Å². The topological polar surface area (TPSA) is 0 Å². The molecule has 4 bridgehead atoms. The minimum absolute atomic E-state index is 0.869. The van der Waals surface area contributed by atoms with Crippen molar-refractivity contribution >= 4 is 34.0 Å². The third kappa shape index (κ3) is 2.31. The van der Waals surface area contributed by atoms with Crippen molar-refractivity contribution in [3.8, 4) is 19.5 Å². The molecule has 0 atom stereocenters. The van der Waals surface area contributed by atoms with Crippen LogP contribution in [0.25, 0.3) is 19.5 Å². The van der Waals surface area contributed by atoms with Gasteiger partial charge in [-0.1, -0.05) is 0 Å². The Hall–Kier alpha value is -0.900. The van der Waals surface area contributed by atoms with Crippen LogP contribution in [-0.2, 0) is 0 Å². The van der Waals surface area contributed by atoms with E-state index < -0.39 is 0 Å². The molecule has 9 rings (SSSR count). The number of hydrogen-bond donors (Lipinski definition) is 0. The predicted molar refractivity (Wildman–Crippen MR) is 119 cm³/mol. The Labute approximate surface area is 173 Å². The van der Waals surface area contributed by atoms with Crippen LogP contribution in [0.3, 0.4) is 0 Å². The highest BCUT2D eigenvalue weighted by Gasteiger charge is 2.36. The summed E-state index contributed by atoms with van der Waals surface area (Å²) in [6.45, 7) is 0. The van der Waals surface area contributed by atoms with Gasteiger partial charge in [0.15, 0.2) is 0 Å². The fraction of sp³-hybridized carbons (Fsp3) is 0.500. The summed E-state index contributed by atoms with van der Waals surface area (Å²) >= 11 is 6.26. The van der Waals surface area contributed by atoms with Gasteiger partial charge in [0, 0.05) is 29.3 Å². The summed E-state index contributed by atoms with van der Waals surface area (Å²) in [7, 11) is 0. The molecule has 0 unspecified atom stereocenters. The molecule has 3 aromatic heterocycles. The molecule has 3 heterocycles. The first-order chi connectivity index (χ1) is 13.3. The zero-order chi connectivity index (χ0) is 17.5. The van der Waals surface area contributed by atoms with E-state index in [9.17, 15) is 0 Å². The van der Waals surface area contributed by atoms with E-state index in [1.165, 1.54) is 70.9 Å². The molecule has 0 amide bonds. The standard InChI is InChI=1S/C24H24S3/c1-5-15-6-2-13(1)17-11-21(26-23(15)17)19-9-10-20(25-19)22-12-18-14-3-7-16(8-4-14)24(18)27-22/h9-16H,1-8H2. The Morgan fingerprint density at radius 1 is 0.481 bits per heavy atom. The lowest BCUT2D eigenvalue weighted by atomic mass is 9.71. The van der Waals surface area contributed by atoms with Crippen LogP contribution < -0.4 is 0 Å². The second-order valence-corrected chi connectivity index (χ2v) is 12.4. The Balaban J connectivity index is 1.26. The monoisotopic (exact) mass is 408 g/mol. The van der Waals surface area contributed by atoms with Crippen LogP contribution in [-0.4, -0.2) is 0 Å². The first kappa shape index (κ1) is 16.0. The quantitative estimate of drug-likeness (QED) is 0.398. The molecule has 0 saturated heterocycles. The lowest BCUT2D eigenvalue weighted by molar-refractivity contribution is 0.365. The van der Waals surface area contributed by atoms with Crippen molar-refractivity contribution in [3.63, 3.8) is 0 Å². The highest BCUT2D eigenvalue weighted by atomic mass is 32.1. The predicted octanol–water partition coefficient (Wildman–Crippen LogP) is 8.71. The van der Waals surface area contributed by atoms with Gasteiger partial charge >= 0.3 is 0 Å². The largest absolute Gasteiger partial charge is 0.139 e. The maximum atomic E-state index is 2.56. The number of hydrogen-bond acceptors (Lipinski definition) is 3. The van der Waals surface area contributed by atoms with Crippen LogP contribution in [0.2, 0.25) is 0 Å². The van der Waals surface area contributed by atoms with E-state index >= 15 is 0 Å². The fourth-order valence-corrected chi connectivity index (χ4v) is 10.3. The van der Waals surface area contributed by atoms with Crippen LogP contribution in [0.15, 0.2) is 24.3 Å². The average Bonchev–Trinajstić information content (AvgIpc) is 3.47. The first-order valence-corrected chi connectivity index (χ1v) is 13.2. The first-order valence-electron chi connectivity index (χ1n) is 10.7. The molecule has 0 N–H and O–H groups in total. The van der Waals surface area contributed by atoms with Crippen LogP contribution in [0.5, 0.6) is 0 Å². The van der Waals surface area contributed by atoms with E-state index in [4.69, 9.17) is 0 Å². The molecule has 6 aliphatic carbocycles. The summed E-state index contributed by atoms with van der Waals surface area (Å²) in [5.41, 5.74) is 3.44. The van der Waals surface area contributed by atoms with Gasteiger partial charge in [0.05, 0.1) is 0 Å². The summed E-state index contributed by atoms with van der Waals surface area (Å²) in [5.74, 6) is 3.49. The van der Waals surface area contributed by atoms with Gasteiger partial charge in [-0.3, -0.25) is 0 Å². The lowest BCUT2D eigenvalue weighted by Gasteiger charge is -2.35. The molecule has 0 radical (unpaired) electrons. The number of thiophene rings is 3. The highest BCUT2D eigenvalue weighted by Crippen LogP contribution is 2.56. The van der Waals surface area contributed by atoms with E-state index in [1.54, 1.807) is 20.9 Å². The molecule has 3 heteroatoms. The molecule has 3 aromatic rings. The van der Waals surface area contributed by atoms with Gasteiger partial charge in [0.2, 0.25) is 0 Å². The molecule has 0 aliphatic heterocycles. The molecule has 138 valence electrons. The third-order valence-electron chi connectivity index (χ3n) is 7.75. The van der Waals surface area contributed by atoms with Gasteiger partial charge in [0.25, 0.3) is 0 Å². The van der Waals surface area contributed by atoms with Crippen molar-refractivity contribution in [1.29, 1.82) is 0 Å². The van der Waals surface area contributed by atoms with Gasteiger partial charge in [-0.05, 0) is 110 Å². The third-order valence-corrected chi connectivity index (χ3v) is 11.9. The van der Waals surface area contributed by atoms with E-state index in [0.29, 0.717) is 0 Å². The van der Waals surface area contributed by atoms with Crippen LogP contribution in [0.1, 0.15) is 95.9 Å². The average molecular weight is 409 g/mol. The minimum Gasteiger partial charge on any atom is -0.139 e. The van der Waals surface area contributed by atoms with Gasteiger partial charge in [0.1, 0.15) is 0 Å². The maximum Gasteiger partial charge on any atom is 0.0449 e. The zero-order valence-corrected chi connectivity index (χ0v) is 17.9. The molecule has 2 fully saturated rings. The van der Waals surface area contributed by atoms with Crippen molar-refractivity contribution in [1.82, 2.24) is 0 Å². The smallest absolute Gasteiger partial charge is 0.0449 e. The minimum atomic E-state index is 0.869. The van der Waals surface area contributed by atoms with Crippen molar-refractivity contribution < 1.29 is 0 Å². The molecule has 0 spiro atoms. The van der Waals surface area contributed by atoms with E-state index in [1.807, 2.05) is 11.3 Å². The Bertz CT molecular complexity index is 876. The fourth-order valence-electron chi connectivity index (χ4n) is 6.29. The normalized spacial score (nSPS) is 30.5. The molecule has 27 heavy (non-hydrogen) atoms. The van der Waals surface area contributed by atoms with Gasteiger partial charge < -0.3 is 0 Å². The molecule has 0 nitrogen and oxygen atoms in total. The van der Waals surface area contributed by atoms with Crippen LogP contribution in [0.4, 0.5) is 0 Å². The Kier molecular flexibility index (Phi) is 3.43. The number of fused-ring (bicyclic) bond motifs is 4. The van der Waals surface area contributed by atoms with Crippen molar-refractivity contribution in [3.05, 3.63) is 45.1 Å². The second-order valence-electron chi connectivity index (χ2n) is 9.12. The summed E-state index contributed by atoms with van der Waals surface area (Å²) < 4.78 is 0. The summed E-state index contributed by atoms with van der Waals surface area (Å²) in [6, 6.07) is 9.91. The van der Waals surface area contributed by atoms with Gasteiger partial charge in [-0.2, -0.15) is 0 Å². The highest BCUT2D eigenvalue weighted by molar-refractivity contribution is 7.26. The second kappa shape index (κ2) is 5.81. The van der Waals surface area contributed by atoms with Gasteiger partial charge in [-0.25, -0.2) is 0 Å². The Morgan fingerprint density at radius 2 is 0.889 bits per heavy atom. The van der Waals surface area contributed by atoms with Crippen molar-refractivity contribution in [2.75, 3.05) is 0 Å². The van der Waals surface area contributed by atoms with E-state index in [0.717, 1.165) is 23.7 Å². The SMILES string of the molecule is c1cc(-c2cc3c(s2)C2CCC3CC2)sc1-c1cc2c(s1)C1CCC2CC1. The molecular weight excluding hydrogens is 384 g/mol. The molecule has 6 aliphatic rings. The molecule has 2 saturated carbocycles. The van der Waals surface area contributed by atoms with E-state index in [2.05, 4.69) is 46.9 Å². The molecule has 0 aromatic carbocycles. The van der Waals surface area contributed by atoms with Gasteiger partial charge in [-0.15, -0.1) is 34.0 Å². The van der Waals surface area contributed by atoms with E-state index in [-0.39, 0.29) is 0 Å². The zero-order valence-electron chi connectivity index (χ0n) is 15.5. The number of rotatable bonds is 2. The summed E-state index contributed by atoms with van der Waals surface area (Å²) in [6.07, 6.45) is 11.5. The van der Waals surface area contributed by atoms with Crippen LogP contribution in [0, 0.1) is 0 Å². The summed E-state index contributed by atoms with van der Waals surface area (Å²) in [5, 5.41) is 0. The van der Waals surface area contributed by atoms with Crippen molar-refractivity contribution in [2.45, 2.75) is 75.0 Å². The lowest BCUT2D eigenvalue weighted by Crippen LogP contribution is -2.19. The summed E-state index contributed by atoms with van der Waals surface area (Å²) in [4.78, 5) is 9.56.